The molecule has 3 rings (SSSR count). The van der Waals surface area contributed by atoms with Crippen molar-refractivity contribution >= 4 is 49.9 Å². The van der Waals surface area contributed by atoms with Crippen molar-refractivity contribution in [2.24, 2.45) is 0 Å². The fourth-order valence-electron chi connectivity index (χ4n) is 2.18. The molecule has 132 valence electrons. The Balaban J connectivity index is 2.08. The van der Waals surface area contributed by atoms with Crippen molar-refractivity contribution in [3.05, 3.63) is 46.1 Å². The molecule has 2 N–H and O–H groups in total. The molecule has 0 unspecified atom stereocenters. The lowest BCUT2D eigenvalue weighted by Gasteiger charge is -2.10. The number of pyridine rings is 1. The van der Waals surface area contributed by atoms with Gasteiger partial charge in [0.1, 0.15) is 9.92 Å². The van der Waals surface area contributed by atoms with Crippen molar-refractivity contribution in [1.82, 2.24) is 9.97 Å². The maximum Gasteiger partial charge on any atom is 0.265 e. The van der Waals surface area contributed by atoms with Crippen molar-refractivity contribution in [3.8, 4) is 5.88 Å². The minimum Gasteiger partial charge on any atom is -0.480 e. The van der Waals surface area contributed by atoms with Crippen molar-refractivity contribution < 1.29 is 21.9 Å². The Hall–Kier alpha value is -2.10. The first-order chi connectivity index (χ1) is 11.7. The maximum absolute atomic E-state index is 14.0. The van der Waals surface area contributed by atoms with Gasteiger partial charge in [-0.25, -0.2) is 17.2 Å². The van der Waals surface area contributed by atoms with Gasteiger partial charge in [-0.05, 0) is 12.1 Å². The molecule has 2 heterocycles. The molecule has 0 spiro atoms. The van der Waals surface area contributed by atoms with Crippen LogP contribution in [0.2, 0.25) is 10.0 Å². The smallest absolute Gasteiger partial charge is 0.265 e. The van der Waals surface area contributed by atoms with Crippen LogP contribution >= 0.6 is 23.2 Å². The van der Waals surface area contributed by atoms with E-state index in [2.05, 4.69) is 9.97 Å². The second kappa shape index (κ2) is 6.32. The number of nitrogens with zero attached hydrogens (tertiary/aromatic N) is 1. The molecule has 0 radical (unpaired) electrons. The summed E-state index contributed by atoms with van der Waals surface area (Å²) in [5, 5.41) is -0.233. The van der Waals surface area contributed by atoms with Crippen LogP contribution in [0.25, 0.3) is 10.9 Å². The molecule has 0 aliphatic rings. The molecular formula is C14H9Cl2F2N3O3S. The van der Waals surface area contributed by atoms with Crippen molar-refractivity contribution in [2.75, 3.05) is 11.8 Å². The molecule has 11 heteroatoms. The Morgan fingerprint density at radius 3 is 2.64 bits per heavy atom. The third-order valence-corrected chi connectivity index (χ3v) is 5.26. The highest BCUT2D eigenvalue weighted by Gasteiger charge is 2.24. The van der Waals surface area contributed by atoms with E-state index in [4.69, 9.17) is 27.9 Å². The molecule has 25 heavy (non-hydrogen) atoms. The van der Waals surface area contributed by atoms with Gasteiger partial charge >= 0.3 is 0 Å². The number of ether oxygens (including phenoxy) is 1. The summed E-state index contributed by atoms with van der Waals surface area (Å²) in [5.74, 6) is -2.55. The highest BCUT2D eigenvalue weighted by atomic mass is 35.5. The number of halogens is 4. The van der Waals surface area contributed by atoms with E-state index < -0.39 is 27.5 Å². The van der Waals surface area contributed by atoms with Crippen LogP contribution in [0.15, 0.2) is 29.3 Å². The van der Waals surface area contributed by atoms with E-state index in [0.29, 0.717) is 0 Å². The molecule has 0 atom stereocenters. The summed E-state index contributed by atoms with van der Waals surface area (Å²) in [4.78, 5) is 5.87. The van der Waals surface area contributed by atoms with Crippen LogP contribution in [-0.2, 0) is 10.0 Å². The Kier molecular flexibility index (Phi) is 4.48. The number of aromatic nitrogens is 2. The quantitative estimate of drug-likeness (QED) is 0.685. The Labute approximate surface area is 150 Å². The number of H-pyrrole nitrogens is 1. The molecule has 0 aliphatic heterocycles. The summed E-state index contributed by atoms with van der Waals surface area (Å²) in [5.41, 5.74) is -0.0880. The lowest BCUT2D eigenvalue weighted by molar-refractivity contribution is 0.397. The fourth-order valence-corrected chi connectivity index (χ4v) is 3.74. The second-order valence-corrected chi connectivity index (χ2v) is 7.32. The third kappa shape index (κ3) is 3.10. The number of fused-ring (bicyclic) bond motifs is 1. The molecule has 1 aromatic carbocycles. The van der Waals surface area contributed by atoms with Gasteiger partial charge in [-0.15, -0.1) is 0 Å². The number of nitrogens with one attached hydrogen (secondary N) is 2. The molecule has 0 saturated heterocycles. The molecule has 0 bridgehead atoms. The zero-order chi connectivity index (χ0) is 18.4. The van der Waals surface area contributed by atoms with Crippen LogP contribution in [0, 0.1) is 11.6 Å². The molecule has 6 nitrogen and oxygen atoms in total. The Morgan fingerprint density at radius 1 is 1.24 bits per heavy atom. The van der Waals surface area contributed by atoms with Crippen LogP contribution in [0.3, 0.4) is 0 Å². The molecule has 3 aromatic rings. The highest BCUT2D eigenvalue weighted by molar-refractivity contribution is 7.93. The van der Waals surface area contributed by atoms with Crippen LogP contribution in [0.1, 0.15) is 0 Å². The number of benzene rings is 1. The second-order valence-electron chi connectivity index (χ2n) is 4.85. The van der Waals surface area contributed by atoms with E-state index in [1.54, 1.807) is 0 Å². The predicted molar refractivity (Wildman–Crippen MR) is 89.8 cm³/mol. The molecule has 0 amide bonds. The average molecular weight is 408 g/mol. The van der Waals surface area contributed by atoms with E-state index in [1.165, 1.54) is 19.2 Å². The van der Waals surface area contributed by atoms with Gasteiger partial charge in [0, 0.05) is 17.6 Å². The van der Waals surface area contributed by atoms with E-state index >= 15 is 0 Å². The summed E-state index contributed by atoms with van der Waals surface area (Å²) < 4.78 is 59.8. The summed E-state index contributed by atoms with van der Waals surface area (Å²) in [7, 11) is -3.03. The fraction of sp³-hybridized carbons (Fsp3) is 0.0714. The number of anilines is 1. The van der Waals surface area contributed by atoms with Crippen LogP contribution in [0.4, 0.5) is 14.6 Å². The SMILES string of the molecule is COc1nc(NS(=O)(=O)c2c[nH]c3c(F)c(Cl)ccc23)c(F)cc1Cl. The molecule has 0 fully saturated rings. The summed E-state index contributed by atoms with van der Waals surface area (Å²) in [6.45, 7) is 0. The molecule has 0 aliphatic carbocycles. The zero-order valence-electron chi connectivity index (χ0n) is 12.4. The van der Waals surface area contributed by atoms with Gasteiger partial charge in [-0.3, -0.25) is 4.72 Å². The third-order valence-electron chi connectivity index (χ3n) is 3.32. The molecular weight excluding hydrogens is 399 g/mol. The number of aromatic amines is 1. The first kappa shape index (κ1) is 17.7. The van der Waals surface area contributed by atoms with E-state index in [-0.39, 0.29) is 31.7 Å². The predicted octanol–water partition coefficient (Wildman–Crippen LogP) is 3.96. The molecule has 0 saturated carbocycles. The summed E-state index contributed by atoms with van der Waals surface area (Å²) >= 11 is 11.4. The number of hydrogen-bond donors (Lipinski definition) is 2. The summed E-state index contributed by atoms with van der Waals surface area (Å²) in [6, 6.07) is 3.41. The lowest BCUT2D eigenvalue weighted by Crippen LogP contribution is -2.15. The topological polar surface area (TPSA) is 84.1 Å². The normalized spacial score (nSPS) is 11.7. The van der Waals surface area contributed by atoms with Crippen LogP contribution in [0.5, 0.6) is 5.88 Å². The summed E-state index contributed by atoms with van der Waals surface area (Å²) in [6.07, 6.45) is 1.07. The number of methoxy groups -OCH3 is 1. The maximum atomic E-state index is 14.0. The van der Waals surface area contributed by atoms with Crippen LogP contribution in [-0.4, -0.2) is 25.5 Å². The van der Waals surface area contributed by atoms with E-state index in [1.807, 2.05) is 4.72 Å². The van der Waals surface area contributed by atoms with Crippen molar-refractivity contribution in [3.63, 3.8) is 0 Å². The van der Waals surface area contributed by atoms with Crippen molar-refractivity contribution in [1.29, 1.82) is 0 Å². The van der Waals surface area contributed by atoms with Gasteiger partial charge in [-0.2, -0.15) is 4.98 Å². The Morgan fingerprint density at radius 2 is 1.96 bits per heavy atom. The Bertz CT molecular complexity index is 1090. The first-order valence-electron chi connectivity index (χ1n) is 6.62. The highest BCUT2D eigenvalue weighted by Crippen LogP contribution is 2.31. The lowest BCUT2D eigenvalue weighted by atomic mass is 10.2. The van der Waals surface area contributed by atoms with Gasteiger partial charge < -0.3 is 9.72 Å². The van der Waals surface area contributed by atoms with Gasteiger partial charge in [-0.1, -0.05) is 23.2 Å². The van der Waals surface area contributed by atoms with Gasteiger partial charge in [0.25, 0.3) is 10.0 Å². The minimum absolute atomic E-state index is 0.0516. The van der Waals surface area contributed by atoms with Gasteiger partial charge in [0.15, 0.2) is 17.5 Å². The van der Waals surface area contributed by atoms with Crippen LogP contribution < -0.4 is 9.46 Å². The largest absolute Gasteiger partial charge is 0.480 e. The number of hydrogen-bond acceptors (Lipinski definition) is 4. The number of sulfonamides is 1. The van der Waals surface area contributed by atoms with E-state index in [9.17, 15) is 17.2 Å². The van der Waals surface area contributed by atoms with Crippen molar-refractivity contribution in [2.45, 2.75) is 4.90 Å². The first-order valence-corrected chi connectivity index (χ1v) is 8.86. The van der Waals surface area contributed by atoms with Gasteiger partial charge in [0.05, 0.1) is 17.6 Å². The zero-order valence-corrected chi connectivity index (χ0v) is 14.7. The minimum atomic E-state index is -4.28. The number of rotatable bonds is 4. The standard InChI is InChI=1S/C14H9Cl2F2N3O3S/c1-24-14-8(16)4-9(17)13(20-14)21-25(22,23)10-5-19-12-6(10)2-3-7(15)11(12)18/h2-5,19H,1H3,(H,20,21). The van der Waals surface area contributed by atoms with Gasteiger partial charge in [0.2, 0.25) is 5.88 Å². The van der Waals surface area contributed by atoms with E-state index in [0.717, 1.165) is 12.3 Å². The molecule has 2 aromatic heterocycles. The monoisotopic (exact) mass is 407 g/mol. The average Bonchev–Trinajstić information content (AvgIpc) is 2.99.